The van der Waals surface area contributed by atoms with Crippen molar-refractivity contribution >= 4 is 15.7 Å². The number of hydrogen-bond acceptors (Lipinski definition) is 5. The van der Waals surface area contributed by atoms with Crippen molar-refractivity contribution in [2.45, 2.75) is 45.4 Å². The molecule has 0 aliphatic heterocycles. The number of amides is 1. The van der Waals surface area contributed by atoms with Gasteiger partial charge >= 0.3 is 0 Å². The van der Waals surface area contributed by atoms with Gasteiger partial charge in [-0.25, -0.2) is 8.42 Å². The summed E-state index contributed by atoms with van der Waals surface area (Å²) in [7, 11) is -1.14. The van der Waals surface area contributed by atoms with E-state index in [4.69, 9.17) is 4.74 Å². The number of carbonyl (C=O) groups is 1. The minimum Gasteiger partial charge on any atom is -0.381 e. The molecule has 0 aromatic heterocycles. The van der Waals surface area contributed by atoms with Gasteiger partial charge < -0.3 is 15.4 Å². The zero-order valence-corrected chi connectivity index (χ0v) is 14.8. The zero-order valence-electron chi connectivity index (χ0n) is 14.0. The Morgan fingerprint density at radius 3 is 2.41 bits per heavy atom. The number of sulfone groups is 1. The Morgan fingerprint density at radius 2 is 1.73 bits per heavy atom. The zero-order chi connectivity index (χ0) is 16.7. The molecule has 0 aromatic rings. The maximum atomic E-state index is 11.7. The van der Waals surface area contributed by atoms with E-state index in [9.17, 15) is 13.2 Å². The van der Waals surface area contributed by atoms with E-state index in [-0.39, 0.29) is 17.4 Å². The van der Waals surface area contributed by atoms with Gasteiger partial charge in [-0.3, -0.25) is 4.79 Å². The summed E-state index contributed by atoms with van der Waals surface area (Å²) >= 11 is 0. The summed E-state index contributed by atoms with van der Waals surface area (Å²) in [6, 6.07) is 0. The molecular formula is C15H32N2O4S. The van der Waals surface area contributed by atoms with Crippen molar-refractivity contribution in [1.82, 2.24) is 10.6 Å². The fourth-order valence-corrected chi connectivity index (χ4v) is 3.35. The van der Waals surface area contributed by atoms with Crippen LogP contribution in [0.2, 0.25) is 0 Å². The van der Waals surface area contributed by atoms with Crippen LogP contribution in [0.15, 0.2) is 0 Å². The lowest BCUT2D eigenvalue weighted by molar-refractivity contribution is -0.121. The summed E-state index contributed by atoms with van der Waals surface area (Å²) in [6.45, 7) is 4.67. The highest BCUT2D eigenvalue weighted by atomic mass is 32.2. The van der Waals surface area contributed by atoms with Crippen molar-refractivity contribution < 1.29 is 17.9 Å². The van der Waals surface area contributed by atoms with Crippen LogP contribution in [-0.4, -0.2) is 59.2 Å². The van der Waals surface area contributed by atoms with Gasteiger partial charge in [0.2, 0.25) is 5.91 Å². The standard InChI is InChI=1S/C15H32N2O4S/c1-3-11-21-12-6-8-15(18)17-10-4-5-13-22(19,20)14-7-9-16-2/h16H,3-14H2,1-2H3,(H,17,18). The second kappa shape index (κ2) is 14.0. The van der Waals surface area contributed by atoms with Crippen LogP contribution in [0.25, 0.3) is 0 Å². The van der Waals surface area contributed by atoms with E-state index in [1.165, 1.54) is 0 Å². The van der Waals surface area contributed by atoms with Gasteiger partial charge in [0, 0.05) is 26.2 Å². The molecule has 0 aliphatic rings. The Labute approximate surface area is 135 Å². The van der Waals surface area contributed by atoms with Crippen molar-refractivity contribution in [3.63, 3.8) is 0 Å². The highest BCUT2D eigenvalue weighted by Gasteiger charge is 2.09. The van der Waals surface area contributed by atoms with E-state index in [0.717, 1.165) is 26.0 Å². The predicted octanol–water partition coefficient (Wildman–Crippen LogP) is 1.11. The summed E-state index contributed by atoms with van der Waals surface area (Å²) in [5.74, 6) is 0.451. The lowest BCUT2D eigenvalue weighted by Gasteiger charge is -2.06. The van der Waals surface area contributed by atoms with Gasteiger partial charge in [-0.15, -0.1) is 0 Å². The molecule has 0 aromatic carbocycles. The molecule has 0 unspecified atom stereocenters. The first-order chi connectivity index (χ1) is 10.5. The molecule has 22 heavy (non-hydrogen) atoms. The largest absolute Gasteiger partial charge is 0.381 e. The average molecular weight is 336 g/mol. The van der Waals surface area contributed by atoms with Crippen LogP contribution in [0.4, 0.5) is 0 Å². The summed E-state index contributed by atoms with van der Waals surface area (Å²) < 4.78 is 28.7. The summed E-state index contributed by atoms with van der Waals surface area (Å²) in [5, 5.41) is 5.75. The topological polar surface area (TPSA) is 84.5 Å². The molecule has 0 saturated carbocycles. The molecule has 0 saturated heterocycles. The molecule has 0 spiro atoms. The number of hydrogen-bond donors (Lipinski definition) is 2. The van der Waals surface area contributed by atoms with Crippen molar-refractivity contribution in [3.05, 3.63) is 0 Å². The Bertz CT molecular complexity index is 372. The molecule has 7 heteroatoms. The highest BCUT2D eigenvalue weighted by Crippen LogP contribution is 1.99. The third-order valence-corrected chi connectivity index (χ3v) is 4.95. The molecule has 0 fully saturated rings. The Kier molecular flexibility index (Phi) is 13.5. The number of rotatable bonds is 15. The van der Waals surface area contributed by atoms with Crippen LogP contribution < -0.4 is 10.6 Å². The average Bonchev–Trinajstić information content (AvgIpc) is 2.46. The summed E-state index contributed by atoms with van der Waals surface area (Å²) in [6.07, 6.45) is 4.13. The maximum absolute atomic E-state index is 11.7. The number of ether oxygens (including phenoxy) is 1. The van der Waals surface area contributed by atoms with Crippen LogP contribution >= 0.6 is 0 Å². The molecule has 6 nitrogen and oxygen atoms in total. The van der Waals surface area contributed by atoms with Gasteiger partial charge in [-0.05, 0) is 45.7 Å². The minimum absolute atomic E-state index is 0.0111. The first kappa shape index (κ1) is 21.3. The molecule has 132 valence electrons. The SMILES string of the molecule is CCCOCCCC(=O)NCCCCS(=O)(=O)CCCNC. The van der Waals surface area contributed by atoms with Crippen LogP contribution in [0, 0.1) is 0 Å². The van der Waals surface area contributed by atoms with Crippen molar-refractivity contribution in [1.29, 1.82) is 0 Å². The van der Waals surface area contributed by atoms with Crippen LogP contribution in [0.1, 0.15) is 45.4 Å². The smallest absolute Gasteiger partial charge is 0.220 e. The summed E-state index contributed by atoms with van der Waals surface area (Å²) in [5.41, 5.74) is 0. The molecule has 0 bridgehead atoms. The second-order valence-electron chi connectivity index (χ2n) is 5.38. The molecule has 0 heterocycles. The third-order valence-electron chi connectivity index (χ3n) is 3.13. The van der Waals surface area contributed by atoms with Crippen LogP contribution in [-0.2, 0) is 19.4 Å². The predicted molar refractivity (Wildman–Crippen MR) is 89.8 cm³/mol. The van der Waals surface area contributed by atoms with Gasteiger partial charge in [-0.2, -0.15) is 0 Å². The number of unbranched alkanes of at least 4 members (excludes halogenated alkanes) is 1. The lowest BCUT2D eigenvalue weighted by Crippen LogP contribution is -2.25. The van der Waals surface area contributed by atoms with E-state index < -0.39 is 9.84 Å². The van der Waals surface area contributed by atoms with E-state index in [1.807, 2.05) is 14.0 Å². The summed E-state index contributed by atoms with van der Waals surface area (Å²) in [4.78, 5) is 11.5. The van der Waals surface area contributed by atoms with Gasteiger partial charge in [0.15, 0.2) is 0 Å². The minimum atomic E-state index is -2.95. The monoisotopic (exact) mass is 336 g/mol. The van der Waals surface area contributed by atoms with Crippen LogP contribution in [0.5, 0.6) is 0 Å². The van der Waals surface area contributed by atoms with E-state index in [0.29, 0.717) is 38.8 Å². The molecule has 0 radical (unpaired) electrons. The molecular weight excluding hydrogens is 304 g/mol. The Balaban J connectivity index is 3.49. The first-order valence-corrected chi connectivity index (χ1v) is 10.0. The molecule has 2 N–H and O–H groups in total. The van der Waals surface area contributed by atoms with Gasteiger partial charge in [0.05, 0.1) is 11.5 Å². The number of carbonyl (C=O) groups excluding carboxylic acids is 1. The van der Waals surface area contributed by atoms with Crippen LogP contribution in [0.3, 0.4) is 0 Å². The highest BCUT2D eigenvalue weighted by molar-refractivity contribution is 7.91. The van der Waals surface area contributed by atoms with E-state index in [1.54, 1.807) is 0 Å². The van der Waals surface area contributed by atoms with E-state index >= 15 is 0 Å². The van der Waals surface area contributed by atoms with Gasteiger partial charge in [0.1, 0.15) is 9.84 Å². The van der Waals surface area contributed by atoms with Crippen molar-refractivity contribution in [2.75, 3.05) is 44.9 Å². The maximum Gasteiger partial charge on any atom is 0.220 e. The normalized spacial score (nSPS) is 11.5. The van der Waals surface area contributed by atoms with E-state index in [2.05, 4.69) is 10.6 Å². The number of nitrogens with one attached hydrogen (secondary N) is 2. The molecule has 0 rings (SSSR count). The Morgan fingerprint density at radius 1 is 1.00 bits per heavy atom. The fraction of sp³-hybridized carbons (Fsp3) is 0.933. The lowest BCUT2D eigenvalue weighted by atomic mass is 10.3. The quantitative estimate of drug-likeness (QED) is 0.438. The molecule has 0 aliphatic carbocycles. The first-order valence-electron chi connectivity index (χ1n) is 8.21. The van der Waals surface area contributed by atoms with Gasteiger partial charge in [-0.1, -0.05) is 6.92 Å². The Hall–Kier alpha value is -0.660. The molecule has 1 amide bonds. The molecule has 0 atom stereocenters. The fourth-order valence-electron chi connectivity index (χ4n) is 1.92. The van der Waals surface area contributed by atoms with Crippen molar-refractivity contribution in [3.8, 4) is 0 Å². The van der Waals surface area contributed by atoms with Crippen molar-refractivity contribution in [2.24, 2.45) is 0 Å². The van der Waals surface area contributed by atoms with Gasteiger partial charge in [0.25, 0.3) is 0 Å². The second-order valence-corrected chi connectivity index (χ2v) is 7.69. The third kappa shape index (κ3) is 14.3.